The predicted molar refractivity (Wildman–Crippen MR) is 130 cm³/mol. The van der Waals surface area contributed by atoms with Crippen LogP contribution in [-0.4, -0.2) is 26.4 Å². The van der Waals surface area contributed by atoms with Gasteiger partial charge in [-0.2, -0.15) is 4.98 Å². The summed E-state index contributed by atoms with van der Waals surface area (Å²) in [4.78, 5) is 17.1. The highest BCUT2D eigenvalue weighted by Gasteiger charge is 2.35. The van der Waals surface area contributed by atoms with Crippen LogP contribution in [0.3, 0.4) is 0 Å². The molecule has 7 nitrogen and oxygen atoms in total. The molecule has 0 radical (unpaired) electrons. The number of hydrogen-bond donors (Lipinski definition) is 2. The number of anilines is 1. The lowest BCUT2D eigenvalue weighted by atomic mass is 9.94. The maximum atomic E-state index is 12.5. The molecule has 1 unspecified atom stereocenters. The number of hydrogen-bond acceptors (Lipinski definition) is 6. The van der Waals surface area contributed by atoms with Gasteiger partial charge in [-0.1, -0.05) is 64.4 Å². The molecule has 166 valence electrons. The molecule has 32 heavy (non-hydrogen) atoms. The Morgan fingerprint density at radius 2 is 2.12 bits per heavy atom. The van der Waals surface area contributed by atoms with Crippen LogP contribution in [0.15, 0.2) is 63.4 Å². The molecule has 0 fully saturated rings. The van der Waals surface area contributed by atoms with Crippen molar-refractivity contribution in [3.63, 3.8) is 0 Å². The largest absolute Gasteiger partial charge is 0.488 e. The van der Waals surface area contributed by atoms with Crippen molar-refractivity contribution in [3.8, 4) is 5.75 Å². The minimum absolute atomic E-state index is 0.273. The van der Waals surface area contributed by atoms with Crippen LogP contribution in [0.5, 0.6) is 5.75 Å². The molecule has 2 heterocycles. The molecule has 0 spiro atoms. The zero-order valence-electron chi connectivity index (χ0n) is 17.4. The summed E-state index contributed by atoms with van der Waals surface area (Å²) in [6.45, 7) is 4.11. The first-order valence-corrected chi connectivity index (χ1v) is 12.1. The third-order valence-electron chi connectivity index (χ3n) is 4.98. The van der Waals surface area contributed by atoms with E-state index in [1.807, 2.05) is 49.4 Å². The van der Waals surface area contributed by atoms with E-state index in [1.165, 1.54) is 11.8 Å². The second-order valence-electron chi connectivity index (χ2n) is 7.09. The SMILES string of the molecule is CCSc1nc2n(n1)C(c1cc(Br)ccc1OCc1ccccc1Cl)C(C(N)=O)=C(C)N2. The fraction of sp³-hybridized carbons (Fsp3) is 0.227. The Morgan fingerprint density at radius 1 is 1.34 bits per heavy atom. The number of rotatable bonds is 7. The summed E-state index contributed by atoms with van der Waals surface area (Å²) in [7, 11) is 0. The summed E-state index contributed by atoms with van der Waals surface area (Å²) < 4.78 is 8.70. The van der Waals surface area contributed by atoms with E-state index in [2.05, 4.69) is 31.3 Å². The Kier molecular flexibility index (Phi) is 6.78. The number of nitrogens with two attached hydrogens (primary N) is 1. The number of fused-ring (bicyclic) bond motifs is 1. The highest BCUT2D eigenvalue weighted by Crippen LogP contribution is 2.41. The summed E-state index contributed by atoms with van der Waals surface area (Å²) in [5, 5.41) is 9.04. The van der Waals surface area contributed by atoms with E-state index >= 15 is 0 Å². The quantitative estimate of drug-likeness (QED) is 0.407. The van der Waals surface area contributed by atoms with Gasteiger partial charge >= 0.3 is 0 Å². The summed E-state index contributed by atoms with van der Waals surface area (Å²) in [6, 6.07) is 12.6. The fourth-order valence-corrected chi connectivity index (χ4v) is 4.69. The summed E-state index contributed by atoms with van der Waals surface area (Å²) in [5.41, 5.74) is 8.43. The number of nitrogens with zero attached hydrogens (tertiary/aromatic N) is 3. The average Bonchev–Trinajstić information content (AvgIpc) is 3.14. The topological polar surface area (TPSA) is 95.1 Å². The van der Waals surface area contributed by atoms with Crippen LogP contribution in [0, 0.1) is 0 Å². The van der Waals surface area contributed by atoms with Gasteiger partial charge in [-0.3, -0.25) is 4.79 Å². The van der Waals surface area contributed by atoms with Gasteiger partial charge in [0.05, 0.1) is 5.57 Å². The van der Waals surface area contributed by atoms with Crippen LogP contribution in [0.25, 0.3) is 0 Å². The molecular weight excluding hydrogens is 514 g/mol. The molecule has 0 aliphatic carbocycles. The van der Waals surface area contributed by atoms with Crippen LogP contribution < -0.4 is 15.8 Å². The molecular formula is C22H21BrClN5O2S. The minimum Gasteiger partial charge on any atom is -0.488 e. The number of amides is 1. The van der Waals surface area contributed by atoms with E-state index in [0.717, 1.165) is 21.4 Å². The number of benzene rings is 2. The zero-order chi connectivity index (χ0) is 22.8. The number of aromatic nitrogens is 3. The van der Waals surface area contributed by atoms with Crippen LogP contribution in [0.4, 0.5) is 5.95 Å². The molecule has 2 aromatic carbocycles. The Labute approximate surface area is 203 Å². The van der Waals surface area contributed by atoms with Crippen molar-refractivity contribution in [2.75, 3.05) is 11.1 Å². The maximum absolute atomic E-state index is 12.5. The third-order valence-corrected chi connectivity index (χ3v) is 6.56. The molecule has 1 aliphatic heterocycles. The van der Waals surface area contributed by atoms with Gasteiger partial charge in [0.25, 0.3) is 0 Å². The first-order chi connectivity index (χ1) is 15.4. The number of primary amides is 1. The smallest absolute Gasteiger partial charge is 0.248 e. The van der Waals surface area contributed by atoms with Crippen LogP contribution in [0.2, 0.25) is 5.02 Å². The lowest BCUT2D eigenvalue weighted by Gasteiger charge is -2.29. The molecule has 1 aromatic heterocycles. The number of allylic oxidation sites excluding steroid dienone is 1. The van der Waals surface area contributed by atoms with Crippen molar-refractivity contribution in [1.29, 1.82) is 0 Å². The Bertz CT molecular complexity index is 1210. The van der Waals surface area contributed by atoms with Crippen molar-refractivity contribution >= 4 is 51.1 Å². The molecule has 1 amide bonds. The number of ether oxygens (including phenoxy) is 1. The molecule has 1 atom stereocenters. The minimum atomic E-state index is -0.596. The lowest BCUT2D eigenvalue weighted by Crippen LogP contribution is -2.32. The number of thioether (sulfide) groups is 1. The van der Waals surface area contributed by atoms with Gasteiger partial charge in [0.2, 0.25) is 17.0 Å². The maximum Gasteiger partial charge on any atom is 0.248 e. The van der Waals surface area contributed by atoms with Gasteiger partial charge in [-0.05, 0) is 36.9 Å². The second kappa shape index (κ2) is 9.56. The van der Waals surface area contributed by atoms with E-state index in [1.54, 1.807) is 11.6 Å². The average molecular weight is 535 g/mol. The molecule has 3 N–H and O–H groups in total. The van der Waals surface area contributed by atoms with Gasteiger partial charge in [0.1, 0.15) is 18.4 Å². The number of carbonyl (C=O) groups is 1. The molecule has 10 heteroatoms. The van der Waals surface area contributed by atoms with E-state index in [0.29, 0.717) is 33.1 Å². The number of carbonyl (C=O) groups excluding carboxylic acids is 1. The Balaban J connectivity index is 1.81. The lowest BCUT2D eigenvalue weighted by molar-refractivity contribution is -0.115. The number of halogens is 2. The van der Waals surface area contributed by atoms with Gasteiger partial charge in [0, 0.05) is 26.3 Å². The van der Waals surface area contributed by atoms with Crippen molar-refractivity contribution in [3.05, 3.63) is 74.4 Å². The van der Waals surface area contributed by atoms with E-state index in [4.69, 9.17) is 22.1 Å². The van der Waals surface area contributed by atoms with Crippen LogP contribution in [-0.2, 0) is 11.4 Å². The zero-order valence-corrected chi connectivity index (χ0v) is 20.6. The van der Waals surface area contributed by atoms with Gasteiger partial charge < -0.3 is 15.8 Å². The molecule has 0 saturated heterocycles. The Hall–Kier alpha value is -2.49. The van der Waals surface area contributed by atoms with E-state index < -0.39 is 11.9 Å². The highest BCUT2D eigenvalue weighted by molar-refractivity contribution is 9.10. The van der Waals surface area contributed by atoms with Gasteiger partial charge in [-0.25, -0.2) is 4.68 Å². The van der Waals surface area contributed by atoms with E-state index in [9.17, 15) is 4.79 Å². The third kappa shape index (κ3) is 4.51. The fourth-order valence-electron chi connectivity index (χ4n) is 3.56. The predicted octanol–water partition coefficient (Wildman–Crippen LogP) is 5.16. The first kappa shape index (κ1) is 22.7. The normalized spacial score (nSPS) is 15.3. The monoisotopic (exact) mass is 533 g/mol. The first-order valence-electron chi connectivity index (χ1n) is 9.91. The summed E-state index contributed by atoms with van der Waals surface area (Å²) in [5.74, 6) is 1.43. The van der Waals surface area contributed by atoms with Crippen molar-refractivity contribution in [2.24, 2.45) is 5.73 Å². The molecule has 1 aliphatic rings. The summed E-state index contributed by atoms with van der Waals surface area (Å²) in [6.07, 6.45) is 0. The Morgan fingerprint density at radius 3 is 2.84 bits per heavy atom. The summed E-state index contributed by atoms with van der Waals surface area (Å²) >= 11 is 11.4. The standard InChI is InChI=1S/C22H21BrClN5O2S/c1-3-32-22-27-21-26-12(2)18(20(25)30)19(29(21)28-22)15-10-14(23)8-9-17(15)31-11-13-6-4-5-7-16(13)24/h4-10,19H,3,11H2,1-2H3,(H2,25,30)(H,26,27,28). The van der Waals surface area contributed by atoms with Crippen molar-refractivity contribution in [1.82, 2.24) is 14.8 Å². The van der Waals surface area contributed by atoms with Crippen molar-refractivity contribution in [2.45, 2.75) is 31.7 Å². The van der Waals surface area contributed by atoms with Gasteiger partial charge in [0.15, 0.2) is 0 Å². The molecule has 0 bridgehead atoms. The number of nitrogens with one attached hydrogen (secondary N) is 1. The van der Waals surface area contributed by atoms with Crippen LogP contribution >= 0.6 is 39.3 Å². The highest BCUT2D eigenvalue weighted by atomic mass is 79.9. The van der Waals surface area contributed by atoms with E-state index in [-0.39, 0.29) is 6.61 Å². The second-order valence-corrected chi connectivity index (χ2v) is 9.64. The van der Waals surface area contributed by atoms with Crippen molar-refractivity contribution < 1.29 is 9.53 Å². The molecule has 0 saturated carbocycles. The van der Waals surface area contributed by atoms with Gasteiger partial charge in [-0.15, -0.1) is 5.10 Å². The van der Waals surface area contributed by atoms with Crippen LogP contribution in [0.1, 0.15) is 31.0 Å². The molecule has 3 aromatic rings. The molecule has 4 rings (SSSR count).